The first-order valence-corrected chi connectivity index (χ1v) is 12.1. The monoisotopic (exact) mass is 416 g/mol. The van der Waals surface area contributed by atoms with E-state index in [-0.39, 0.29) is 16.8 Å². The summed E-state index contributed by atoms with van der Waals surface area (Å²) in [6.07, 6.45) is 21.2. The first kappa shape index (κ1) is 27.4. The standard InChI is InChI=1S/C24H45ClO3/c1-24(2,3)28-23(27)21-19-17-15-13-11-9-7-5-4-6-8-10-12-14-16-18-20-22(25)26/h4-21H2,1-3H3. The Hall–Kier alpha value is -0.570. The Morgan fingerprint density at radius 1 is 0.571 bits per heavy atom. The highest BCUT2D eigenvalue weighted by molar-refractivity contribution is 6.63. The van der Waals surface area contributed by atoms with Gasteiger partial charge in [-0.25, -0.2) is 0 Å². The molecule has 0 heterocycles. The fraction of sp³-hybridized carbons (Fsp3) is 0.917. The topological polar surface area (TPSA) is 43.4 Å². The molecular weight excluding hydrogens is 372 g/mol. The Balaban J connectivity index is 3.14. The van der Waals surface area contributed by atoms with E-state index < -0.39 is 0 Å². The van der Waals surface area contributed by atoms with Gasteiger partial charge in [-0.15, -0.1) is 0 Å². The maximum Gasteiger partial charge on any atom is 0.306 e. The van der Waals surface area contributed by atoms with E-state index in [2.05, 4.69) is 0 Å². The minimum atomic E-state index is -0.357. The van der Waals surface area contributed by atoms with Crippen LogP contribution in [0.4, 0.5) is 0 Å². The highest BCUT2D eigenvalue weighted by Crippen LogP contribution is 2.15. The van der Waals surface area contributed by atoms with E-state index >= 15 is 0 Å². The summed E-state index contributed by atoms with van der Waals surface area (Å²) >= 11 is 5.32. The second kappa shape index (κ2) is 18.5. The van der Waals surface area contributed by atoms with E-state index in [9.17, 15) is 9.59 Å². The van der Waals surface area contributed by atoms with Crippen LogP contribution in [0, 0.1) is 0 Å². The molecule has 0 radical (unpaired) electrons. The first-order chi connectivity index (χ1) is 13.3. The minimum absolute atomic E-state index is 0.0599. The smallest absolute Gasteiger partial charge is 0.306 e. The van der Waals surface area contributed by atoms with Gasteiger partial charge in [-0.3, -0.25) is 9.59 Å². The maximum atomic E-state index is 11.6. The van der Waals surface area contributed by atoms with Crippen molar-refractivity contribution in [3.63, 3.8) is 0 Å². The van der Waals surface area contributed by atoms with E-state index in [1.807, 2.05) is 20.8 Å². The molecule has 0 aromatic heterocycles. The van der Waals surface area contributed by atoms with Gasteiger partial charge in [-0.2, -0.15) is 0 Å². The zero-order chi connectivity index (χ0) is 21.1. The lowest BCUT2D eigenvalue weighted by molar-refractivity contribution is -0.154. The van der Waals surface area contributed by atoms with Gasteiger partial charge in [-0.05, 0) is 45.2 Å². The summed E-state index contributed by atoms with van der Waals surface area (Å²) in [5.41, 5.74) is -0.357. The Morgan fingerprint density at radius 3 is 1.14 bits per heavy atom. The summed E-state index contributed by atoms with van der Waals surface area (Å²) in [4.78, 5) is 22.2. The molecule has 0 aromatic carbocycles. The van der Waals surface area contributed by atoms with E-state index in [0.717, 1.165) is 25.7 Å². The third-order valence-electron chi connectivity index (χ3n) is 4.92. The molecule has 0 amide bonds. The molecule has 0 spiro atoms. The van der Waals surface area contributed by atoms with Crippen LogP contribution in [0.3, 0.4) is 0 Å². The largest absolute Gasteiger partial charge is 0.460 e. The summed E-state index contributed by atoms with van der Waals surface area (Å²) < 4.78 is 5.32. The first-order valence-electron chi connectivity index (χ1n) is 11.7. The van der Waals surface area contributed by atoms with Gasteiger partial charge >= 0.3 is 5.97 Å². The van der Waals surface area contributed by atoms with Crippen molar-refractivity contribution in [1.29, 1.82) is 0 Å². The summed E-state index contributed by atoms with van der Waals surface area (Å²) in [6, 6.07) is 0. The molecular formula is C24H45ClO3. The molecule has 3 nitrogen and oxygen atoms in total. The fourth-order valence-electron chi connectivity index (χ4n) is 3.40. The number of hydrogen-bond acceptors (Lipinski definition) is 3. The molecule has 4 heteroatoms. The molecule has 0 fully saturated rings. The molecule has 166 valence electrons. The molecule has 0 aliphatic carbocycles. The molecule has 0 bridgehead atoms. The van der Waals surface area contributed by atoms with Gasteiger partial charge in [0.1, 0.15) is 5.60 Å². The molecule has 0 rings (SSSR count). The molecule has 28 heavy (non-hydrogen) atoms. The van der Waals surface area contributed by atoms with Crippen molar-refractivity contribution >= 4 is 22.8 Å². The predicted octanol–water partition coefficient (Wildman–Crippen LogP) is 8.12. The summed E-state index contributed by atoms with van der Waals surface area (Å²) in [7, 11) is 0. The molecule has 0 N–H and O–H groups in total. The Bertz CT molecular complexity index is 388. The molecule has 0 saturated carbocycles. The van der Waals surface area contributed by atoms with Crippen LogP contribution in [0.15, 0.2) is 0 Å². The quantitative estimate of drug-likeness (QED) is 0.121. The predicted molar refractivity (Wildman–Crippen MR) is 120 cm³/mol. The zero-order valence-electron chi connectivity index (χ0n) is 18.8. The summed E-state index contributed by atoms with van der Waals surface area (Å²) in [6.45, 7) is 5.76. The number of rotatable bonds is 19. The lowest BCUT2D eigenvalue weighted by Gasteiger charge is -2.19. The molecule has 0 aliphatic heterocycles. The summed E-state index contributed by atoms with van der Waals surface area (Å²) in [5.74, 6) is -0.0599. The van der Waals surface area contributed by atoms with Crippen LogP contribution in [0.2, 0.25) is 0 Å². The normalized spacial score (nSPS) is 11.6. The van der Waals surface area contributed by atoms with Crippen LogP contribution < -0.4 is 0 Å². The van der Waals surface area contributed by atoms with E-state index in [1.54, 1.807) is 0 Å². The molecule has 0 aliphatic rings. The van der Waals surface area contributed by atoms with Gasteiger partial charge in [0, 0.05) is 12.8 Å². The average Bonchev–Trinajstić information content (AvgIpc) is 2.59. The third-order valence-corrected chi connectivity index (χ3v) is 5.11. The van der Waals surface area contributed by atoms with Gasteiger partial charge in [0.15, 0.2) is 0 Å². The van der Waals surface area contributed by atoms with Crippen LogP contribution in [0.5, 0.6) is 0 Å². The van der Waals surface area contributed by atoms with Crippen LogP contribution >= 0.6 is 11.6 Å². The lowest BCUT2D eigenvalue weighted by Crippen LogP contribution is -2.23. The van der Waals surface area contributed by atoms with Crippen molar-refractivity contribution in [2.45, 2.75) is 142 Å². The van der Waals surface area contributed by atoms with E-state index in [1.165, 1.54) is 77.0 Å². The number of halogens is 1. The lowest BCUT2D eigenvalue weighted by atomic mass is 10.0. The second-order valence-corrected chi connectivity index (χ2v) is 9.52. The van der Waals surface area contributed by atoms with E-state index in [4.69, 9.17) is 16.3 Å². The second-order valence-electron chi connectivity index (χ2n) is 9.10. The van der Waals surface area contributed by atoms with Gasteiger partial charge < -0.3 is 4.74 Å². The highest BCUT2D eigenvalue weighted by Gasteiger charge is 2.15. The number of unbranched alkanes of at least 4 members (excludes halogenated alkanes) is 15. The Morgan fingerprint density at radius 2 is 0.857 bits per heavy atom. The van der Waals surface area contributed by atoms with Crippen LogP contribution in [-0.4, -0.2) is 16.8 Å². The molecule has 0 unspecified atom stereocenters. The van der Waals surface area contributed by atoms with E-state index in [0.29, 0.717) is 12.8 Å². The SMILES string of the molecule is CC(C)(C)OC(=O)CCCCCCCCCCCCCCCCCCC(=O)Cl. The molecule has 0 saturated heterocycles. The Labute approximate surface area is 179 Å². The third kappa shape index (κ3) is 23.5. The minimum Gasteiger partial charge on any atom is -0.460 e. The van der Waals surface area contributed by atoms with Gasteiger partial charge in [0.05, 0.1) is 0 Å². The average molecular weight is 417 g/mol. The zero-order valence-corrected chi connectivity index (χ0v) is 19.6. The van der Waals surface area contributed by atoms with Crippen molar-refractivity contribution in [2.24, 2.45) is 0 Å². The van der Waals surface area contributed by atoms with Gasteiger partial charge in [0.25, 0.3) is 0 Å². The van der Waals surface area contributed by atoms with Crippen molar-refractivity contribution < 1.29 is 14.3 Å². The van der Waals surface area contributed by atoms with Gasteiger partial charge in [0.2, 0.25) is 5.24 Å². The van der Waals surface area contributed by atoms with Crippen molar-refractivity contribution in [3.05, 3.63) is 0 Å². The highest BCUT2D eigenvalue weighted by atomic mass is 35.5. The van der Waals surface area contributed by atoms with Crippen molar-refractivity contribution in [1.82, 2.24) is 0 Å². The Kier molecular flexibility index (Phi) is 18.1. The number of ether oxygens (including phenoxy) is 1. The number of carbonyl (C=O) groups excluding carboxylic acids is 2. The van der Waals surface area contributed by atoms with Crippen molar-refractivity contribution in [2.75, 3.05) is 0 Å². The van der Waals surface area contributed by atoms with Crippen molar-refractivity contribution in [3.8, 4) is 0 Å². The fourth-order valence-corrected chi connectivity index (χ4v) is 3.53. The number of carbonyl (C=O) groups is 2. The summed E-state index contributed by atoms with van der Waals surface area (Å²) in [5, 5.41) is -0.196. The molecule has 0 aromatic rings. The number of hydrogen-bond donors (Lipinski definition) is 0. The van der Waals surface area contributed by atoms with Gasteiger partial charge in [-0.1, -0.05) is 89.9 Å². The van der Waals surface area contributed by atoms with Crippen LogP contribution in [0.25, 0.3) is 0 Å². The number of esters is 1. The maximum absolute atomic E-state index is 11.6. The molecule has 0 atom stereocenters. The van der Waals surface area contributed by atoms with Crippen LogP contribution in [-0.2, 0) is 14.3 Å². The van der Waals surface area contributed by atoms with Crippen LogP contribution in [0.1, 0.15) is 136 Å².